The quantitative estimate of drug-likeness (QED) is 0.109. The van der Waals surface area contributed by atoms with Crippen molar-refractivity contribution in [2.45, 2.75) is 4.90 Å². The molecule has 0 atom stereocenters. The largest absolute Gasteiger partial charge is 0.496 e. The van der Waals surface area contributed by atoms with Gasteiger partial charge in [-0.3, -0.25) is 14.4 Å². The van der Waals surface area contributed by atoms with Crippen molar-refractivity contribution < 1.29 is 28.6 Å². The lowest BCUT2D eigenvalue weighted by atomic mass is 10.1. The summed E-state index contributed by atoms with van der Waals surface area (Å²) in [5, 5.41) is 9.10. The van der Waals surface area contributed by atoms with Crippen LogP contribution < -0.4 is 30.2 Å². The fourth-order valence-electron chi connectivity index (χ4n) is 4.02. The van der Waals surface area contributed by atoms with Crippen molar-refractivity contribution in [1.82, 2.24) is 5.32 Å². The van der Waals surface area contributed by atoms with Gasteiger partial charge < -0.3 is 30.2 Å². The summed E-state index contributed by atoms with van der Waals surface area (Å²) < 4.78 is 16.3. The lowest BCUT2D eigenvalue weighted by molar-refractivity contribution is -0.114. The number of nitrogens with one attached hydrogen (secondary N) is 3. The summed E-state index contributed by atoms with van der Waals surface area (Å²) in [5.41, 5.74) is 1.71. The molecule has 0 saturated heterocycles. The van der Waals surface area contributed by atoms with E-state index in [9.17, 15) is 14.4 Å². The Morgan fingerprint density at radius 1 is 0.778 bits per heavy atom. The van der Waals surface area contributed by atoms with Crippen LogP contribution in [-0.4, -0.2) is 44.8 Å². The normalized spacial score (nSPS) is 10.9. The van der Waals surface area contributed by atoms with Gasteiger partial charge in [0.25, 0.3) is 11.8 Å². The second-order valence-corrected chi connectivity index (χ2v) is 11.2. The van der Waals surface area contributed by atoms with Gasteiger partial charge >= 0.3 is 0 Å². The molecule has 0 unspecified atom stereocenters. The Kier molecular flexibility index (Phi) is 11.7. The van der Waals surface area contributed by atoms with Gasteiger partial charge in [-0.05, 0) is 66.7 Å². The molecule has 4 aromatic rings. The standard InChI is InChI=1S/C33H29Cl2N3O6S/c1-42-28-18-30(44-3)29(43-2)16-21(28)15-27(38-32(40)20-7-5-4-6-8-20)33(41)36-23-10-12-24(13-11-23)45-19-31(39)37-26-17-22(34)9-14-25(26)35/h4-18H,19H2,1-3H3,(H,36,41)(H,37,39)(H,38,40)/b27-15-. The van der Waals surface area contributed by atoms with Crippen LogP contribution in [0.25, 0.3) is 6.08 Å². The first-order valence-electron chi connectivity index (χ1n) is 13.4. The molecule has 12 heteroatoms. The van der Waals surface area contributed by atoms with Crippen molar-refractivity contribution in [3.8, 4) is 17.2 Å². The number of halogens is 2. The zero-order valence-electron chi connectivity index (χ0n) is 24.5. The lowest BCUT2D eigenvalue weighted by Crippen LogP contribution is -2.30. The summed E-state index contributed by atoms with van der Waals surface area (Å²) in [4.78, 5) is 39.8. The lowest BCUT2D eigenvalue weighted by Gasteiger charge is -2.15. The van der Waals surface area contributed by atoms with Crippen molar-refractivity contribution in [3.05, 3.63) is 112 Å². The molecule has 232 valence electrons. The number of hydrogen-bond acceptors (Lipinski definition) is 7. The van der Waals surface area contributed by atoms with Gasteiger partial charge in [-0.25, -0.2) is 0 Å². The molecule has 0 bridgehead atoms. The number of carbonyl (C=O) groups is 3. The Hall–Kier alpha value is -4.64. The maximum Gasteiger partial charge on any atom is 0.272 e. The molecule has 3 amide bonds. The van der Waals surface area contributed by atoms with E-state index in [0.29, 0.717) is 49.8 Å². The number of carbonyl (C=O) groups excluding carboxylic acids is 3. The van der Waals surface area contributed by atoms with Gasteiger partial charge in [-0.15, -0.1) is 11.8 Å². The van der Waals surface area contributed by atoms with E-state index in [1.807, 2.05) is 0 Å². The van der Waals surface area contributed by atoms with Crippen molar-refractivity contribution in [1.29, 1.82) is 0 Å². The highest BCUT2D eigenvalue weighted by Gasteiger charge is 2.18. The number of anilines is 2. The van der Waals surface area contributed by atoms with E-state index in [-0.39, 0.29) is 17.4 Å². The first kappa shape index (κ1) is 33.3. The van der Waals surface area contributed by atoms with E-state index in [1.165, 1.54) is 39.2 Å². The zero-order valence-corrected chi connectivity index (χ0v) is 26.8. The highest BCUT2D eigenvalue weighted by Crippen LogP contribution is 2.36. The van der Waals surface area contributed by atoms with E-state index >= 15 is 0 Å². The molecule has 45 heavy (non-hydrogen) atoms. The minimum atomic E-state index is -0.575. The molecular weight excluding hydrogens is 637 g/mol. The Balaban J connectivity index is 1.50. The summed E-state index contributed by atoms with van der Waals surface area (Å²) in [6.45, 7) is 0. The fraction of sp³-hybridized carbons (Fsp3) is 0.121. The number of methoxy groups -OCH3 is 3. The predicted molar refractivity (Wildman–Crippen MR) is 179 cm³/mol. The van der Waals surface area contributed by atoms with Crippen LogP contribution in [0.4, 0.5) is 11.4 Å². The number of ether oxygens (including phenoxy) is 3. The van der Waals surface area contributed by atoms with Gasteiger partial charge in [0.05, 0.1) is 37.8 Å². The average Bonchev–Trinajstić information content (AvgIpc) is 3.05. The molecule has 0 aliphatic rings. The smallest absolute Gasteiger partial charge is 0.272 e. The molecule has 4 aromatic carbocycles. The SMILES string of the molecule is COc1cc(OC)c(OC)cc1/C=C(\NC(=O)c1ccccc1)C(=O)Nc1ccc(SCC(=O)Nc2cc(Cl)ccc2Cl)cc1. The molecule has 0 radical (unpaired) electrons. The molecule has 9 nitrogen and oxygen atoms in total. The number of hydrogen-bond donors (Lipinski definition) is 3. The Labute approximate surface area is 274 Å². The van der Waals surface area contributed by atoms with Crippen LogP contribution in [-0.2, 0) is 9.59 Å². The summed E-state index contributed by atoms with van der Waals surface area (Å²) >= 11 is 13.4. The van der Waals surface area contributed by atoms with Crippen LogP contribution in [0.1, 0.15) is 15.9 Å². The van der Waals surface area contributed by atoms with Crippen LogP contribution in [0.3, 0.4) is 0 Å². The molecule has 0 fully saturated rings. The predicted octanol–water partition coefficient (Wildman–Crippen LogP) is 7.16. The maximum atomic E-state index is 13.5. The third-order valence-electron chi connectivity index (χ3n) is 6.25. The van der Waals surface area contributed by atoms with Crippen LogP contribution in [0.2, 0.25) is 10.0 Å². The fourth-order valence-corrected chi connectivity index (χ4v) is 5.06. The number of benzene rings is 4. The zero-order chi connectivity index (χ0) is 32.3. The van der Waals surface area contributed by atoms with Crippen molar-refractivity contribution in [3.63, 3.8) is 0 Å². The Morgan fingerprint density at radius 2 is 1.44 bits per heavy atom. The molecule has 4 rings (SSSR count). The summed E-state index contributed by atoms with van der Waals surface area (Å²) in [6, 6.07) is 23.5. The average molecular weight is 667 g/mol. The second kappa shape index (κ2) is 15.9. The maximum absolute atomic E-state index is 13.5. The number of amides is 3. The molecular formula is C33H29Cl2N3O6S. The minimum Gasteiger partial charge on any atom is -0.496 e. The molecule has 0 heterocycles. The number of rotatable bonds is 12. The van der Waals surface area contributed by atoms with E-state index in [1.54, 1.807) is 84.9 Å². The second-order valence-electron chi connectivity index (χ2n) is 9.27. The third-order valence-corrected chi connectivity index (χ3v) is 7.83. The van der Waals surface area contributed by atoms with Crippen LogP contribution in [0.15, 0.2) is 95.5 Å². The highest BCUT2D eigenvalue weighted by atomic mass is 35.5. The molecule has 0 spiro atoms. The van der Waals surface area contributed by atoms with Crippen molar-refractivity contribution >= 4 is 70.1 Å². The van der Waals surface area contributed by atoms with Crippen LogP contribution in [0, 0.1) is 0 Å². The van der Waals surface area contributed by atoms with E-state index < -0.39 is 11.8 Å². The van der Waals surface area contributed by atoms with Gasteiger partial charge in [0, 0.05) is 32.8 Å². The van der Waals surface area contributed by atoms with Gasteiger partial charge in [0.15, 0.2) is 11.5 Å². The molecule has 3 N–H and O–H groups in total. The molecule has 0 aliphatic carbocycles. The summed E-state index contributed by atoms with van der Waals surface area (Å²) in [7, 11) is 4.48. The van der Waals surface area contributed by atoms with Crippen molar-refractivity contribution in [2.75, 3.05) is 37.7 Å². The van der Waals surface area contributed by atoms with E-state index in [2.05, 4.69) is 16.0 Å². The third kappa shape index (κ3) is 9.18. The monoisotopic (exact) mass is 665 g/mol. The topological polar surface area (TPSA) is 115 Å². The summed E-state index contributed by atoms with van der Waals surface area (Å²) in [6.07, 6.45) is 1.49. The van der Waals surface area contributed by atoms with Crippen molar-refractivity contribution in [2.24, 2.45) is 0 Å². The summed E-state index contributed by atoms with van der Waals surface area (Å²) in [5.74, 6) is 0.0756. The van der Waals surface area contributed by atoms with Crippen LogP contribution >= 0.6 is 35.0 Å². The number of thioether (sulfide) groups is 1. The van der Waals surface area contributed by atoms with Crippen LogP contribution in [0.5, 0.6) is 17.2 Å². The first-order chi connectivity index (χ1) is 21.7. The minimum absolute atomic E-state index is 0.0378. The Morgan fingerprint density at radius 3 is 2.11 bits per heavy atom. The highest BCUT2D eigenvalue weighted by molar-refractivity contribution is 8.00. The Bertz CT molecular complexity index is 1720. The van der Waals surface area contributed by atoms with E-state index in [4.69, 9.17) is 37.4 Å². The first-order valence-corrected chi connectivity index (χ1v) is 15.1. The van der Waals surface area contributed by atoms with Gasteiger partial charge in [-0.2, -0.15) is 0 Å². The van der Waals surface area contributed by atoms with Gasteiger partial charge in [0.1, 0.15) is 11.4 Å². The molecule has 0 aliphatic heterocycles. The van der Waals surface area contributed by atoms with E-state index in [0.717, 1.165) is 4.90 Å². The van der Waals surface area contributed by atoms with Gasteiger partial charge in [-0.1, -0.05) is 41.4 Å². The molecule has 0 saturated carbocycles. The van der Waals surface area contributed by atoms with Gasteiger partial charge in [0.2, 0.25) is 5.91 Å². The molecule has 0 aromatic heterocycles.